The normalized spacial score (nSPS) is 18.6. The largest absolute Gasteiger partial charge is 0.497 e. The van der Waals surface area contributed by atoms with Crippen molar-refractivity contribution in [3.63, 3.8) is 0 Å². The number of carbonyl (C=O) groups is 2. The summed E-state index contributed by atoms with van der Waals surface area (Å²) in [5, 5.41) is 6.37. The molecule has 27 heavy (non-hydrogen) atoms. The lowest BCUT2D eigenvalue weighted by atomic mass is 9.81. The average Bonchev–Trinajstić information content (AvgIpc) is 2.69. The molecule has 1 aliphatic rings. The number of carbonyl (C=O) groups excluding carboxylic acids is 2. The van der Waals surface area contributed by atoms with Crippen LogP contribution in [-0.4, -0.2) is 18.9 Å². The molecule has 3 rings (SSSR count). The van der Waals surface area contributed by atoms with Gasteiger partial charge in [-0.2, -0.15) is 0 Å². The highest BCUT2D eigenvalue weighted by molar-refractivity contribution is 6.30. The van der Waals surface area contributed by atoms with Crippen LogP contribution in [0, 0.1) is 11.8 Å². The van der Waals surface area contributed by atoms with Crippen LogP contribution in [0.25, 0.3) is 0 Å². The Hall–Kier alpha value is -2.79. The molecule has 2 amide bonds. The number of halogens is 1. The van der Waals surface area contributed by atoms with Crippen molar-refractivity contribution in [1.82, 2.24) is 0 Å². The van der Waals surface area contributed by atoms with Gasteiger partial charge in [0.25, 0.3) is 0 Å². The Morgan fingerprint density at radius 1 is 0.926 bits per heavy atom. The molecule has 2 aromatic carbocycles. The molecule has 0 spiro atoms. The van der Waals surface area contributed by atoms with Crippen LogP contribution in [0.2, 0.25) is 5.02 Å². The Kier molecular flexibility index (Phi) is 6.14. The number of rotatable bonds is 5. The van der Waals surface area contributed by atoms with E-state index in [2.05, 4.69) is 10.6 Å². The van der Waals surface area contributed by atoms with Gasteiger partial charge in [0.1, 0.15) is 5.75 Å². The van der Waals surface area contributed by atoms with Crippen LogP contribution in [0.1, 0.15) is 12.8 Å². The van der Waals surface area contributed by atoms with E-state index in [4.69, 9.17) is 16.3 Å². The molecule has 0 saturated heterocycles. The van der Waals surface area contributed by atoms with Crippen LogP contribution in [0.3, 0.4) is 0 Å². The highest BCUT2D eigenvalue weighted by Crippen LogP contribution is 2.29. The molecule has 0 heterocycles. The zero-order valence-electron chi connectivity index (χ0n) is 14.9. The van der Waals surface area contributed by atoms with Crippen LogP contribution in [0.5, 0.6) is 5.75 Å². The molecule has 0 aromatic heterocycles. The Morgan fingerprint density at radius 3 is 2.11 bits per heavy atom. The van der Waals surface area contributed by atoms with Gasteiger partial charge >= 0.3 is 0 Å². The molecule has 0 radical (unpaired) electrons. The van der Waals surface area contributed by atoms with Gasteiger partial charge in [-0.3, -0.25) is 9.59 Å². The molecular weight excluding hydrogens is 364 g/mol. The van der Waals surface area contributed by atoms with Crippen LogP contribution in [0.15, 0.2) is 60.7 Å². The molecule has 6 heteroatoms. The van der Waals surface area contributed by atoms with E-state index in [9.17, 15) is 9.59 Å². The fourth-order valence-electron chi connectivity index (χ4n) is 3.10. The fraction of sp³-hybridized carbons (Fsp3) is 0.238. The summed E-state index contributed by atoms with van der Waals surface area (Å²) in [7, 11) is 1.57. The number of benzene rings is 2. The van der Waals surface area contributed by atoms with Crippen LogP contribution >= 0.6 is 11.6 Å². The Labute approximate surface area is 163 Å². The summed E-state index contributed by atoms with van der Waals surface area (Å²) in [6, 6.07) is 14.1. The van der Waals surface area contributed by atoms with E-state index < -0.39 is 11.8 Å². The molecule has 5 nitrogen and oxygen atoms in total. The smallest absolute Gasteiger partial charge is 0.228 e. The first-order valence-corrected chi connectivity index (χ1v) is 9.11. The molecule has 2 aromatic rings. The summed E-state index contributed by atoms with van der Waals surface area (Å²) in [6.07, 6.45) is 4.94. The van der Waals surface area contributed by atoms with E-state index in [1.54, 1.807) is 55.6 Å². The van der Waals surface area contributed by atoms with Gasteiger partial charge in [0, 0.05) is 22.5 Å². The Balaban J connectivity index is 1.70. The van der Waals surface area contributed by atoms with E-state index in [0.717, 1.165) is 0 Å². The lowest BCUT2D eigenvalue weighted by Gasteiger charge is -2.26. The molecule has 2 N–H and O–H groups in total. The molecule has 0 fully saturated rings. The number of hydrogen-bond acceptors (Lipinski definition) is 3. The maximum atomic E-state index is 12.8. The molecule has 0 unspecified atom stereocenters. The summed E-state index contributed by atoms with van der Waals surface area (Å²) in [5.41, 5.74) is 1.30. The van der Waals surface area contributed by atoms with E-state index in [1.165, 1.54) is 0 Å². The first-order chi connectivity index (χ1) is 13.1. The quantitative estimate of drug-likeness (QED) is 0.745. The second-order valence-corrected chi connectivity index (χ2v) is 6.81. The topological polar surface area (TPSA) is 67.4 Å². The minimum absolute atomic E-state index is 0.174. The maximum absolute atomic E-state index is 12.8. The molecular formula is C21H21ClN2O3. The van der Waals surface area contributed by atoms with Crippen molar-refractivity contribution in [1.29, 1.82) is 0 Å². The SMILES string of the molecule is COc1cccc(NC(=O)[C@@H]2CC=CC[C@@H]2C(=O)Nc2ccc(Cl)cc2)c1. The number of ether oxygens (including phenoxy) is 1. The summed E-state index contributed by atoms with van der Waals surface area (Å²) in [5.74, 6) is -0.561. The number of methoxy groups -OCH3 is 1. The number of amides is 2. The fourth-order valence-corrected chi connectivity index (χ4v) is 3.22. The summed E-state index contributed by atoms with van der Waals surface area (Å²) in [6.45, 7) is 0. The zero-order chi connectivity index (χ0) is 19.2. The second-order valence-electron chi connectivity index (χ2n) is 6.37. The standard InChI is InChI=1S/C21H21ClN2O3/c1-27-17-6-4-5-16(13-17)24-21(26)19-8-3-2-7-18(19)20(25)23-15-11-9-14(22)10-12-15/h2-6,9-13,18-19H,7-8H2,1H3,(H,23,25)(H,24,26)/t18-,19+/m0/s1. The molecule has 0 saturated carbocycles. The van der Waals surface area contributed by atoms with Gasteiger partial charge in [-0.1, -0.05) is 29.8 Å². The van der Waals surface area contributed by atoms with Gasteiger partial charge in [-0.25, -0.2) is 0 Å². The van der Waals surface area contributed by atoms with E-state index in [-0.39, 0.29) is 11.8 Å². The predicted molar refractivity (Wildman–Crippen MR) is 107 cm³/mol. The van der Waals surface area contributed by atoms with Crippen molar-refractivity contribution in [3.05, 3.63) is 65.7 Å². The summed E-state index contributed by atoms with van der Waals surface area (Å²) < 4.78 is 5.18. The van der Waals surface area contributed by atoms with Crippen molar-refractivity contribution in [3.8, 4) is 5.75 Å². The molecule has 0 aliphatic heterocycles. The minimum Gasteiger partial charge on any atom is -0.497 e. The van der Waals surface area contributed by atoms with Crippen molar-refractivity contribution in [2.75, 3.05) is 17.7 Å². The van der Waals surface area contributed by atoms with Crippen molar-refractivity contribution in [2.24, 2.45) is 11.8 Å². The van der Waals surface area contributed by atoms with Crippen molar-refractivity contribution in [2.45, 2.75) is 12.8 Å². The van der Waals surface area contributed by atoms with Gasteiger partial charge in [0.05, 0.1) is 18.9 Å². The van der Waals surface area contributed by atoms with E-state index in [1.807, 2.05) is 12.2 Å². The van der Waals surface area contributed by atoms with Crippen LogP contribution in [0.4, 0.5) is 11.4 Å². The van der Waals surface area contributed by atoms with Gasteiger partial charge in [-0.05, 0) is 49.2 Å². The van der Waals surface area contributed by atoms with E-state index >= 15 is 0 Å². The van der Waals surface area contributed by atoms with Gasteiger partial charge in [0.2, 0.25) is 11.8 Å². The third kappa shape index (κ3) is 4.89. The Morgan fingerprint density at radius 2 is 1.52 bits per heavy atom. The average molecular weight is 385 g/mol. The van der Waals surface area contributed by atoms with Gasteiger partial charge in [0.15, 0.2) is 0 Å². The zero-order valence-corrected chi connectivity index (χ0v) is 15.7. The first-order valence-electron chi connectivity index (χ1n) is 8.73. The number of anilines is 2. The lowest BCUT2D eigenvalue weighted by molar-refractivity contribution is -0.129. The third-order valence-electron chi connectivity index (χ3n) is 4.55. The Bertz CT molecular complexity index is 849. The number of allylic oxidation sites excluding steroid dienone is 2. The van der Waals surface area contributed by atoms with Gasteiger partial charge < -0.3 is 15.4 Å². The highest BCUT2D eigenvalue weighted by Gasteiger charge is 2.34. The first kappa shape index (κ1) is 19.0. The molecule has 1 aliphatic carbocycles. The summed E-state index contributed by atoms with van der Waals surface area (Å²) >= 11 is 5.88. The second kappa shape index (κ2) is 8.73. The van der Waals surface area contributed by atoms with Crippen molar-refractivity contribution >= 4 is 34.8 Å². The third-order valence-corrected chi connectivity index (χ3v) is 4.81. The van der Waals surface area contributed by atoms with E-state index in [0.29, 0.717) is 35.0 Å². The van der Waals surface area contributed by atoms with Gasteiger partial charge in [-0.15, -0.1) is 0 Å². The maximum Gasteiger partial charge on any atom is 0.228 e. The minimum atomic E-state index is -0.437. The molecule has 140 valence electrons. The lowest BCUT2D eigenvalue weighted by Crippen LogP contribution is -2.37. The molecule has 0 bridgehead atoms. The monoisotopic (exact) mass is 384 g/mol. The van der Waals surface area contributed by atoms with Crippen LogP contribution in [-0.2, 0) is 9.59 Å². The summed E-state index contributed by atoms with van der Waals surface area (Å²) in [4.78, 5) is 25.5. The van der Waals surface area contributed by atoms with Crippen LogP contribution < -0.4 is 15.4 Å². The van der Waals surface area contributed by atoms with Crippen molar-refractivity contribution < 1.29 is 14.3 Å². The number of nitrogens with one attached hydrogen (secondary N) is 2. The predicted octanol–water partition coefficient (Wildman–Crippen LogP) is 4.51. The number of hydrogen-bond donors (Lipinski definition) is 2. The molecule has 2 atom stereocenters. The highest BCUT2D eigenvalue weighted by atomic mass is 35.5.